The van der Waals surface area contributed by atoms with Gasteiger partial charge in [-0.3, -0.25) is 15.0 Å². The number of rotatable bonds is 1. The van der Waals surface area contributed by atoms with Gasteiger partial charge in [0.2, 0.25) is 0 Å². The van der Waals surface area contributed by atoms with Gasteiger partial charge in [-0.1, -0.05) is 24.3 Å². The van der Waals surface area contributed by atoms with E-state index in [2.05, 4.69) is 33.2 Å². The number of nitrogens with zero attached hydrogens (tertiary/aromatic N) is 3. The Hall–Kier alpha value is -2.81. The second-order valence-electron chi connectivity index (χ2n) is 4.61. The summed E-state index contributed by atoms with van der Waals surface area (Å²) in [6.45, 7) is 0. The quantitative estimate of drug-likeness (QED) is 0.486. The van der Waals surface area contributed by atoms with Gasteiger partial charge in [0.1, 0.15) is 0 Å². The standard InChI is InChI=1S/C17H11N3/c1-2-9-18-15(5-1)13-8-11-20-17-14(13)7-6-12-4-3-10-19-16(12)17/h1-11H. The third-order valence-corrected chi connectivity index (χ3v) is 3.42. The van der Waals surface area contributed by atoms with E-state index in [0.29, 0.717) is 0 Å². The molecule has 0 unspecified atom stereocenters. The number of fused-ring (bicyclic) bond motifs is 3. The second kappa shape index (κ2) is 4.38. The minimum absolute atomic E-state index is 0.922. The normalized spacial score (nSPS) is 11.0. The highest BCUT2D eigenvalue weighted by Crippen LogP contribution is 2.29. The molecule has 0 N–H and O–H groups in total. The number of benzene rings is 1. The van der Waals surface area contributed by atoms with E-state index in [-0.39, 0.29) is 0 Å². The van der Waals surface area contributed by atoms with E-state index in [0.717, 1.165) is 33.1 Å². The molecule has 3 heterocycles. The van der Waals surface area contributed by atoms with E-state index in [9.17, 15) is 0 Å². The summed E-state index contributed by atoms with van der Waals surface area (Å²) in [5, 5.41) is 2.18. The van der Waals surface area contributed by atoms with Gasteiger partial charge in [0.05, 0.1) is 16.7 Å². The molecular formula is C17H11N3. The first-order chi connectivity index (χ1) is 9.93. The van der Waals surface area contributed by atoms with E-state index in [1.54, 1.807) is 12.4 Å². The molecule has 0 aliphatic carbocycles. The van der Waals surface area contributed by atoms with Gasteiger partial charge in [0.15, 0.2) is 0 Å². The number of aromatic nitrogens is 3. The molecule has 0 amide bonds. The predicted molar refractivity (Wildman–Crippen MR) is 80.3 cm³/mol. The molecule has 20 heavy (non-hydrogen) atoms. The van der Waals surface area contributed by atoms with Crippen LogP contribution in [0, 0.1) is 0 Å². The molecular weight excluding hydrogens is 246 g/mol. The SMILES string of the molecule is c1ccc(-c2ccnc3c2ccc2cccnc23)nc1. The molecule has 0 atom stereocenters. The minimum Gasteiger partial charge on any atom is -0.256 e. The van der Waals surface area contributed by atoms with Gasteiger partial charge in [0, 0.05) is 34.9 Å². The summed E-state index contributed by atoms with van der Waals surface area (Å²) in [6, 6.07) is 16.1. The predicted octanol–water partition coefficient (Wildman–Crippen LogP) is 3.85. The van der Waals surface area contributed by atoms with Crippen LogP contribution in [-0.4, -0.2) is 15.0 Å². The van der Waals surface area contributed by atoms with E-state index in [1.165, 1.54) is 0 Å². The van der Waals surface area contributed by atoms with Crippen molar-refractivity contribution in [2.24, 2.45) is 0 Å². The summed E-state index contributed by atoms with van der Waals surface area (Å²) in [4.78, 5) is 13.4. The van der Waals surface area contributed by atoms with Crippen LogP contribution in [0.5, 0.6) is 0 Å². The lowest BCUT2D eigenvalue weighted by Gasteiger charge is -2.07. The van der Waals surface area contributed by atoms with Gasteiger partial charge in [0.25, 0.3) is 0 Å². The van der Waals surface area contributed by atoms with Crippen LogP contribution in [0.1, 0.15) is 0 Å². The van der Waals surface area contributed by atoms with Crippen molar-refractivity contribution >= 4 is 21.8 Å². The molecule has 4 rings (SSSR count). The molecule has 0 spiro atoms. The lowest BCUT2D eigenvalue weighted by Crippen LogP contribution is -1.89. The van der Waals surface area contributed by atoms with Crippen molar-refractivity contribution in [3.8, 4) is 11.3 Å². The van der Waals surface area contributed by atoms with Crippen LogP contribution in [0.2, 0.25) is 0 Å². The summed E-state index contributed by atoms with van der Waals surface area (Å²) >= 11 is 0. The zero-order valence-corrected chi connectivity index (χ0v) is 10.7. The third-order valence-electron chi connectivity index (χ3n) is 3.42. The minimum atomic E-state index is 0.922. The molecule has 0 aliphatic heterocycles. The molecule has 0 radical (unpaired) electrons. The smallest absolute Gasteiger partial charge is 0.0971 e. The zero-order valence-electron chi connectivity index (χ0n) is 10.7. The maximum Gasteiger partial charge on any atom is 0.0971 e. The second-order valence-corrected chi connectivity index (χ2v) is 4.61. The maximum atomic E-state index is 4.51. The van der Waals surface area contributed by atoms with Crippen molar-refractivity contribution in [3.63, 3.8) is 0 Å². The van der Waals surface area contributed by atoms with Gasteiger partial charge in [-0.05, 0) is 24.3 Å². The molecule has 0 fully saturated rings. The van der Waals surface area contributed by atoms with Gasteiger partial charge < -0.3 is 0 Å². The molecule has 3 nitrogen and oxygen atoms in total. The summed E-state index contributed by atoms with van der Waals surface area (Å²) < 4.78 is 0. The molecule has 0 bridgehead atoms. The first-order valence-electron chi connectivity index (χ1n) is 6.47. The fourth-order valence-electron chi connectivity index (χ4n) is 2.50. The number of pyridine rings is 3. The van der Waals surface area contributed by atoms with Crippen LogP contribution in [0.4, 0.5) is 0 Å². The Morgan fingerprint density at radius 3 is 2.40 bits per heavy atom. The Balaban J connectivity index is 2.12. The molecule has 0 saturated heterocycles. The summed E-state index contributed by atoms with van der Waals surface area (Å²) in [5.74, 6) is 0. The lowest BCUT2D eigenvalue weighted by atomic mass is 10.0. The van der Waals surface area contributed by atoms with Crippen LogP contribution >= 0.6 is 0 Å². The third kappa shape index (κ3) is 1.64. The van der Waals surface area contributed by atoms with E-state index in [4.69, 9.17) is 0 Å². The Bertz CT molecular complexity index is 901. The highest BCUT2D eigenvalue weighted by atomic mass is 14.7. The lowest BCUT2D eigenvalue weighted by molar-refractivity contribution is 1.32. The Labute approximate surface area is 116 Å². The van der Waals surface area contributed by atoms with Crippen LogP contribution in [0.3, 0.4) is 0 Å². The number of hydrogen-bond acceptors (Lipinski definition) is 3. The van der Waals surface area contributed by atoms with E-state index in [1.807, 2.05) is 36.5 Å². The van der Waals surface area contributed by atoms with Crippen molar-refractivity contribution in [3.05, 3.63) is 67.1 Å². The van der Waals surface area contributed by atoms with Gasteiger partial charge >= 0.3 is 0 Å². The molecule has 0 saturated carbocycles. The van der Waals surface area contributed by atoms with Crippen LogP contribution < -0.4 is 0 Å². The highest BCUT2D eigenvalue weighted by molar-refractivity contribution is 6.07. The number of hydrogen-bond donors (Lipinski definition) is 0. The van der Waals surface area contributed by atoms with Crippen molar-refractivity contribution in [1.29, 1.82) is 0 Å². The van der Waals surface area contributed by atoms with Crippen molar-refractivity contribution in [2.45, 2.75) is 0 Å². The summed E-state index contributed by atoms with van der Waals surface area (Å²) in [7, 11) is 0. The molecule has 3 aromatic heterocycles. The molecule has 3 heteroatoms. The monoisotopic (exact) mass is 257 g/mol. The average molecular weight is 257 g/mol. The molecule has 4 aromatic rings. The largest absolute Gasteiger partial charge is 0.256 e. The summed E-state index contributed by atoms with van der Waals surface area (Å²) in [6.07, 6.45) is 5.43. The molecule has 0 aliphatic rings. The van der Waals surface area contributed by atoms with Crippen LogP contribution in [0.15, 0.2) is 67.1 Å². The van der Waals surface area contributed by atoms with E-state index >= 15 is 0 Å². The van der Waals surface area contributed by atoms with Crippen molar-refractivity contribution < 1.29 is 0 Å². The summed E-state index contributed by atoms with van der Waals surface area (Å²) in [5.41, 5.74) is 3.90. The zero-order chi connectivity index (χ0) is 13.4. The van der Waals surface area contributed by atoms with Crippen molar-refractivity contribution in [1.82, 2.24) is 15.0 Å². The van der Waals surface area contributed by atoms with Gasteiger partial charge in [-0.15, -0.1) is 0 Å². The van der Waals surface area contributed by atoms with Crippen molar-refractivity contribution in [2.75, 3.05) is 0 Å². The average Bonchev–Trinajstić information content (AvgIpc) is 2.55. The fourth-order valence-corrected chi connectivity index (χ4v) is 2.50. The Kier molecular flexibility index (Phi) is 2.42. The van der Waals surface area contributed by atoms with Crippen LogP contribution in [-0.2, 0) is 0 Å². The first-order valence-corrected chi connectivity index (χ1v) is 6.47. The van der Waals surface area contributed by atoms with Crippen LogP contribution in [0.25, 0.3) is 33.1 Å². The molecule has 94 valence electrons. The van der Waals surface area contributed by atoms with Gasteiger partial charge in [-0.2, -0.15) is 0 Å². The molecule has 1 aromatic carbocycles. The van der Waals surface area contributed by atoms with Gasteiger partial charge in [-0.25, -0.2) is 0 Å². The highest BCUT2D eigenvalue weighted by Gasteiger charge is 2.08. The Morgan fingerprint density at radius 2 is 1.50 bits per heavy atom. The fraction of sp³-hybridized carbons (Fsp3) is 0. The van der Waals surface area contributed by atoms with E-state index < -0.39 is 0 Å². The maximum absolute atomic E-state index is 4.51. The Morgan fingerprint density at radius 1 is 0.600 bits per heavy atom. The first kappa shape index (κ1) is 11.1. The topological polar surface area (TPSA) is 38.7 Å².